The summed E-state index contributed by atoms with van der Waals surface area (Å²) in [5.74, 6) is 0.557. The number of fused-ring (bicyclic) bond motifs is 10. The van der Waals surface area contributed by atoms with Gasteiger partial charge in [-0.25, -0.2) is 4.98 Å². The average molecular weight is 685 g/mol. The van der Waals surface area contributed by atoms with E-state index < -0.39 is 18.1 Å². The maximum absolute atomic E-state index is 8.89. The second-order valence-electron chi connectivity index (χ2n) is 14.1. The van der Waals surface area contributed by atoms with Gasteiger partial charge in [0.05, 0.1) is 28.9 Å². The number of nitrogens with zero attached hydrogens (tertiary/aromatic N) is 5. The van der Waals surface area contributed by atoms with Gasteiger partial charge in [-0.1, -0.05) is 153 Å². The summed E-state index contributed by atoms with van der Waals surface area (Å²) in [6, 6.07) is 43.7. The molecule has 0 amide bonds. The van der Waals surface area contributed by atoms with Crippen LogP contribution >= 0.6 is 0 Å². The number of hydrogen-bond acceptors (Lipinski definition) is 3. The SMILES string of the molecule is [2H]c1c([2H])c([2H])c(-c2nc(-c3ccccc3)nc(-n3c4ccccc4c4ccc5c6ccccc6n(-c6ccc7c(c6)-c6ccccc6C7(C)C)c5c43)n2)c([2H])c1[2H]. The van der Waals surface area contributed by atoms with E-state index in [4.69, 9.17) is 21.8 Å². The molecule has 0 N–H and O–H groups in total. The van der Waals surface area contributed by atoms with Crippen molar-refractivity contribution in [2.24, 2.45) is 0 Å². The molecule has 0 fully saturated rings. The van der Waals surface area contributed by atoms with E-state index in [1.54, 1.807) is 0 Å². The van der Waals surface area contributed by atoms with Gasteiger partial charge in [0.1, 0.15) is 0 Å². The van der Waals surface area contributed by atoms with Crippen molar-refractivity contribution in [2.45, 2.75) is 19.3 Å². The molecule has 0 spiro atoms. The van der Waals surface area contributed by atoms with E-state index in [0.29, 0.717) is 11.4 Å². The van der Waals surface area contributed by atoms with E-state index in [1.807, 2.05) is 53.1 Å². The Labute approximate surface area is 313 Å². The van der Waals surface area contributed by atoms with Crippen LogP contribution in [0.5, 0.6) is 0 Å². The van der Waals surface area contributed by atoms with Gasteiger partial charge in [-0.2, -0.15) is 9.97 Å². The van der Waals surface area contributed by atoms with E-state index in [0.717, 1.165) is 49.3 Å². The molecule has 10 aromatic rings. The average Bonchev–Trinajstić information content (AvgIpc) is 3.85. The quantitative estimate of drug-likeness (QED) is 0.185. The third kappa shape index (κ3) is 4.28. The second-order valence-corrected chi connectivity index (χ2v) is 14.1. The molecule has 11 rings (SSSR count). The summed E-state index contributed by atoms with van der Waals surface area (Å²) in [4.78, 5) is 14.9. The van der Waals surface area contributed by atoms with Crippen LogP contribution in [0.2, 0.25) is 0 Å². The summed E-state index contributed by atoms with van der Waals surface area (Å²) in [7, 11) is 0. The Morgan fingerprint density at radius 3 is 1.81 bits per heavy atom. The fourth-order valence-electron chi connectivity index (χ4n) is 8.48. The van der Waals surface area contributed by atoms with Gasteiger partial charge in [0.2, 0.25) is 5.95 Å². The molecule has 5 heteroatoms. The van der Waals surface area contributed by atoms with Gasteiger partial charge in [-0.15, -0.1) is 0 Å². The molecular formula is C48H33N5. The van der Waals surface area contributed by atoms with Crippen molar-refractivity contribution in [3.63, 3.8) is 0 Å². The molecule has 3 heterocycles. The Hall–Kier alpha value is -6.85. The highest BCUT2D eigenvalue weighted by molar-refractivity contribution is 6.23. The first-order chi connectivity index (χ1) is 28.1. The highest BCUT2D eigenvalue weighted by atomic mass is 15.2. The van der Waals surface area contributed by atoms with E-state index >= 15 is 0 Å². The molecule has 0 saturated heterocycles. The lowest BCUT2D eigenvalue weighted by Crippen LogP contribution is -2.14. The molecule has 53 heavy (non-hydrogen) atoms. The monoisotopic (exact) mass is 684 g/mol. The summed E-state index contributed by atoms with van der Waals surface area (Å²) in [5.41, 5.74) is 10.3. The topological polar surface area (TPSA) is 48.5 Å². The van der Waals surface area contributed by atoms with Crippen molar-refractivity contribution < 1.29 is 6.85 Å². The molecule has 7 aromatic carbocycles. The minimum atomic E-state index is -0.479. The Kier molecular flexibility index (Phi) is 5.26. The standard InChI is InChI=1S/C48H33N5/c1-48(2)39-22-12-9-19-33(39)38-29-32(25-28-40(38)48)52-41-23-13-10-20-34(41)36-26-27-37-35-21-11-14-24-42(35)53(44(37)43(36)52)47-50-45(30-15-5-3-6-16-30)49-46(51-47)31-17-7-4-8-18-31/h3-29H,1-2H3/i3D,5D,6D,15D,16D. The minimum absolute atomic E-state index is 0.0144. The molecule has 0 radical (unpaired) electrons. The van der Waals surface area contributed by atoms with Crippen LogP contribution in [0.1, 0.15) is 31.8 Å². The lowest BCUT2D eigenvalue weighted by Gasteiger charge is -2.21. The van der Waals surface area contributed by atoms with Gasteiger partial charge in [0, 0.05) is 43.8 Å². The van der Waals surface area contributed by atoms with Gasteiger partial charge in [0.25, 0.3) is 0 Å². The molecular weight excluding hydrogens is 647 g/mol. The Morgan fingerprint density at radius 2 is 1.08 bits per heavy atom. The summed E-state index contributed by atoms with van der Waals surface area (Å²) in [6.45, 7) is 4.58. The van der Waals surface area contributed by atoms with Crippen molar-refractivity contribution in [3.05, 3.63) is 175 Å². The number of para-hydroxylation sites is 2. The van der Waals surface area contributed by atoms with Crippen molar-refractivity contribution in [1.82, 2.24) is 24.1 Å². The molecule has 0 unspecified atom stereocenters. The molecule has 0 bridgehead atoms. The van der Waals surface area contributed by atoms with E-state index in [9.17, 15) is 0 Å². The van der Waals surface area contributed by atoms with Crippen LogP contribution in [-0.2, 0) is 5.41 Å². The zero-order valence-electron chi connectivity index (χ0n) is 33.9. The first-order valence-corrected chi connectivity index (χ1v) is 17.7. The van der Waals surface area contributed by atoms with Gasteiger partial charge >= 0.3 is 0 Å². The summed E-state index contributed by atoms with van der Waals surface area (Å²) in [6.07, 6.45) is 0. The molecule has 0 saturated carbocycles. The predicted octanol–water partition coefficient (Wildman–Crippen LogP) is 11.7. The van der Waals surface area contributed by atoms with Crippen LogP contribution < -0.4 is 0 Å². The highest BCUT2D eigenvalue weighted by Gasteiger charge is 2.35. The van der Waals surface area contributed by atoms with Crippen LogP contribution in [0, 0.1) is 0 Å². The summed E-state index contributed by atoms with van der Waals surface area (Å²) >= 11 is 0. The smallest absolute Gasteiger partial charge is 0.238 e. The third-order valence-corrected chi connectivity index (χ3v) is 10.9. The highest BCUT2D eigenvalue weighted by Crippen LogP contribution is 2.50. The summed E-state index contributed by atoms with van der Waals surface area (Å²) in [5, 5.41) is 4.13. The molecule has 250 valence electrons. The lowest BCUT2D eigenvalue weighted by atomic mass is 9.82. The normalized spacial score (nSPS) is 14.6. The molecule has 1 aliphatic carbocycles. The van der Waals surface area contributed by atoms with Gasteiger partial charge in [-0.3, -0.25) is 4.57 Å². The van der Waals surface area contributed by atoms with E-state index in [-0.39, 0.29) is 34.8 Å². The maximum Gasteiger partial charge on any atom is 0.238 e. The van der Waals surface area contributed by atoms with Crippen molar-refractivity contribution >= 4 is 43.6 Å². The van der Waals surface area contributed by atoms with Gasteiger partial charge in [0.15, 0.2) is 11.6 Å². The van der Waals surface area contributed by atoms with Gasteiger partial charge < -0.3 is 4.57 Å². The van der Waals surface area contributed by atoms with Crippen LogP contribution in [0.15, 0.2) is 164 Å². The molecule has 1 aliphatic rings. The minimum Gasteiger partial charge on any atom is -0.307 e. The first kappa shape index (κ1) is 25.2. The molecule has 3 aromatic heterocycles. The van der Waals surface area contributed by atoms with E-state index in [1.165, 1.54) is 22.3 Å². The Bertz CT molecular complexity index is 3360. The zero-order valence-corrected chi connectivity index (χ0v) is 28.9. The summed E-state index contributed by atoms with van der Waals surface area (Å²) < 4.78 is 47.4. The van der Waals surface area contributed by atoms with Crippen LogP contribution in [0.4, 0.5) is 0 Å². The number of benzene rings is 7. The van der Waals surface area contributed by atoms with Gasteiger partial charge in [-0.05, 0) is 46.5 Å². The maximum atomic E-state index is 8.89. The predicted molar refractivity (Wildman–Crippen MR) is 217 cm³/mol. The zero-order chi connectivity index (χ0) is 39.6. The number of rotatable bonds is 4. The Morgan fingerprint density at radius 1 is 0.491 bits per heavy atom. The molecule has 0 atom stereocenters. The van der Waals surface area contributed by atoms with Crippen molar-refractivity contribution in [3.8, 4) is 45.5 Å². The van der Waals surface area contributed by atoms with Crippen LogP contribution in [-0.4, -0.2) is 24.1 Å². The Balaban J connectivity index is 1.29. The molecule has 0 aliphatic heterocycles. The third-order valence-electron chi connectivity index (χ3n) is 10.9. The number of hydrogen-bond donors (Lipinski definition) is 0. The fraction of sp³-hybridized carbons (Fsp3) is 0.0625. The van der Waals surface area contributed by atoms with Crippen LogP contribution in [0.3, 0.4) is 0 Å². The molecule has 5 nitrogen and oxygen atoms in total. The van der Waals surface area contributed by atoms with Crippen molar-refractivity contribution in [2.75, 3.05) is 0 Å². The fourth-order valence-corrected chi connectivity index (χ4v) is 8.48. The van der Waals surface area contributed by atoms with Crippen LogP contribution in [0.25, 0.3) is 89.2 Å². The first-order valence-electron chi connectivity index (χ1n) is 20.2. The largest absolute Gasteiger partial charge is 0.307 e. The van der Waals surface area contributed by atoms with E-state index in [2.05, 4.69) is 103 Å². The number of aromatic nitrogens is 5. The second kappa shape index (κ2) is 11.1. The lowest BCUT2D eigenvalue weighted by molar-refractivity contribution is 0.660. The van der Waals surface area contributed by atoms with Crippen molar-refractivity contribution in [1.29, 1.82) is 0 Å².